The Kier molecular flexibility index (Phi) is 15.2. The van der Waals surface area contributed by atoms with Gasteiger partial charge in [0.15, 0.2) is 0 Å². The predicted octanol–water partition coefficient (Wildman–Crippen LogP) is -5.27. The van der Waals surface area contributed by atoms with Crippen LogP contribution >= 0.6 is 0 Å². The van der Waals surface area contributed by atoms with E-state index in [-0.39, 0.29) is 109 Å². The number of carbonyl (C=O) groups excluding carboxylic acids is 3. The minimum absolute atomic E-state index is 0. The molecule has 1 amide bonds. The van der Waals surface area contributed by atoms with Gasteiger partial charge in [0.2, 0.25) is 0 Å². The molecular formula is C17H21K2N3O7. The first-order chi connectivity index (χ1) is 12.5. The van der Waals surface area contributed by atoms with Gasteiger partial charge in [-0.3, -0.25) is 5.32 Å². The molecule has 0 aliphatic carbocycles. The summed E-state index contributed by atoms with van der Waals surface area (Å²) in [5, 5.41) is 23.5. The molecule has 0 saturated heterocycles. The second-order valence-corrected chi connectivity index (χ2v) is 6.30. The average molecular weight is 458 g/mol. The largest absolute Gasteiger partial charge is 1.00 e. The minimum atomic E-state index is -2.33. The molecule has 148 valence electrons. The Bertz CT molecular complexity index is 843. The van der Waals surface area contributed by atoms with Crippen molar-refractivity contribution in [3.8, 4) is 0 Å². The minimum Gasteiger partial charge on any atom is -0.652 e. The van der Waals surface area contributed by atoms with E-state index in [4.69, 9.17) is 24.5 Å². The van der Waals surface area contributed by atoms with Gasteiger partial charge >= 0.3 is 115 Å². The molecule has 12 heteroatoms. The molecule has 2 aromatic heterocycles. The van der Waals surface area contributed by atoms with Gasteiger partial charge in [-0.25, -0.2) is 14.1 Å². The van der Waals surface area contributed by atoms with E-state index in [9.17, 15) is 9.59 Å². The quantitative estimate of drug-likeness (QED) is 0.355. The number of ether oxygens (including phenoxy) is 2. The number of fused-ring (bicyclic) bond motifs is 1. The topological polar surface area (TPSA) is 145 Å². The number of pyridine rings is 1. The first-order valence-electron chi connectivity index (χ1n) is 7.98. The second kappa shape index (κ2) is 14.1. The van der Waals surface area contributed by atoms with Gasteiger partial charge in [-0.1, -0.05) is 0 Å². The first-order valence-corrected chi connectivity index (χ1v) is 7.98. The Morgan fingerprint density at radius 1 is 1.21 bits per heavy atom. The number of nitrogens with zero attached hydrogens (tertiary/aromatic N) is 2. The zero-order valence-corrected chi connectivity index (χ0v) is 23.9. The summed E-state index contributed by atoms with van der Waals surface area (Å²) in [4.78, 5) is 32.3. The van der Waals surface area contributed by atoms with Crippen molar-refractivity contribution in [1.82, 2.24) is 9.61 Å². The van der Waals surface area contributed by atoms with Crippen LogP contribution in [0.1, 0.15) is 43.6 Å². The Balaban J connectivity index is 0. The van der Waals surface area contributed by atoms with Crippen molar-refractivity contribution in [2.75, 3.05) is 11.9 Å². The molecule has 0 radical (unpaired) electrons. The summed E-state index contributed by atoms with van der Waals surface area (Å²) in [6.07, 6.45) is 0.233. The third-order valence-electron chi connectivity index (χ3n) is 3.07. The Labute approximate surface area is 253 Å². The number of carbonyl (C=O) groups is 3. The maximum Gasteiger partial charge on any atom is 1.00 e. The van der Waals surface area contributed by atoms with E-state index in [1.807, 2.05) is 0 Å². The van der Waals surface area contributed by atoms with Gasteiger partial charge in [0, 0.05) is 6.20 Å². The molecule has 0 atom stereocenters. The van der Waals surface area contributed by atoms with Gasteiger partial charge in [0.25, 0.3) is 0 Å². The molecule has 0 bridgehead atoms. The van der Waals surface area contributed by atoms with E-state index in [1.54, 1.807) is 51.4 Å². The van der Waals surface area contributed by atoms with E-state index in [2.05, 4.69) is 10.4 Å². The van der Waals surface area contributed by atoms with E-state index in [1.165, 1.54) is 6.20 Å². The summed E-state index contributed by atoms with van der Waals surface area (Å²) in [5.41, 5.74) is 1.63. The van der Waals surface area contributed by atoms with Crippen LogP contribution in [0, 0.1) is 6.92 Å². The van der Waals surface area contributed by atoms with Crippen molar-refractivity contribution in [3.63, 3.8) is 0 Å². The summed E-state index contributed by atoms with van der Waals surface area (Å²) in [6, 6.07) is 1.70. The molecule has 0 spiro atoms. The molecule has 0 unspecified atom stereocenters. The molecular weight excluding hydrogens is 436 g/mol. The van der Waals surface area contributed by atoms with Crippen LogP contribution in [0.25, 0.3) is 5.52 Å². The van der Waals surface area contributed by atoms with Crippen LogP contribution in [0.2, 0.25) is 0 Å². The molecule has 0 fully saturated rings. The van der Waals surface area contributed by atoms with E-state index >= 15 is 0 Å². The van der Waals surface area contributed by atoms with Crippen LogP contribution in [0.3, 0.4) is 0 Å². The Hall–Kier alpha value is -0.0273. The zero-order valence-electron chi connectivity index (χ0n) is 17.7. The average Bonchev–Trinajstić information content (AvgIpc) is 2.93. The van der Waals surface area contributed by atoms with Gasteiger partial charge in [-0.05, 0) is 52.4 Å². The summed E-state index contributed by atoms with van der Waals surface area (Å²) in [7, 11) is 0. The molecule has 10 nitrogen and oxygen atoms in total. The number of hydrogen-bond donors (Lipinski definition) is 1. The third-order valence-corrected chi connectivity index (χ3v) is 3.07. The number of hydrogen-bond acceptors (Lipinski definition) is 8. The fraction of sp³-hybridized carbons (Fsp3) is 0.412. The van der Waals surface area contributed by atoms with Crippen LogP contribution in [0.15, 0.2) is 18.5 Å². The molecule has 29 heavy (non-hydrogen) atoms. The van der Waals surface area contributed by atoms with Crippen molar-refractivity contribution in [1.29, 1.82) is 0 Å². The van der Waals surface area contributed by atoms with Gasteiger partial charge in [-0.15, -0.1) is 0 Å². The van der Waals surface area contributed by atoms with Gasteiger partial charge in [0.05, 0.1) is 24.0 Å². The first kappa shape index (κ1) is 31.2. The summed E-state index contributed by atoms with van der Waals surface area (Å²) < 4.78 is 11.8. The van der Waals surface area contributed by atoms with Gasteiger partial charge in [-0.2, -0.15) is 5.10 Å². The number of nitrogens with one attached hydrogen (secondary N) is 1. The van der Waals surface area contributed by atoms with Crippen molar-refractivity contribution in [2.45, 2.75) is 40.2 Å². The molecule has 0 saturated carbocycles. The molecule has 1 N–H and O–H groups in total. The maximum atomic E-state index is 12.0. The molecule has 2 heterocycles. The second-order valence-electron chi connectivity index (χ2n) is 6.30. The molecule has 2 aromatic rings. The predicted molar refractivity (Wildman–Crippen MR) is 91.1 cm³/mol. The van der Waals surface area contributed by atoms with E-state index < -0.39 is 23.8 Å². The normalized spacial score (nSPS) is 9.83. The van der Waals surface area contributed by atoms with Crippen LogP contribution < -0.4 is 118 Å². The molecule has 0 aliphatic heterocycles. The van der Waals surface area contributed by atoms with Crippen molar-refractivity contribution in [2.24, 2.45) is 0 Å². The van der Waals surface area contributed by atoms with Crippen molar-refractivity contribution < 1.29 is 137 Å². The SMILES string of the molecule is CCOC(=O)c1cnn2ccc(NC(=O)OC(C)(C)C)c(C)c12.O=C([O-])[O-].[K+].[K+]. The van der Waals surface area contributed by atoms with Gasteiger partial charge < -0.3 is 24.5 Å². The fourth-order valence-electron chi connectivity index (χ4n) is 2.15. The van der Waals surface area contributed by atoms with Gasteiger partial charge in [0.1, 0.15) is 11.2 Å². The smallest absolute Gasteiger partial charge is 0.652 e. The number of anilines is 1. The van der Waals surface area contributed by atoms with Crippen LogP contribution in [0.4, 0.5) is 15.3 Å². The molecule has 2 rings (SSSR count). The number of rotatable bonds is 3. The summed E-state index contributed by atoms with van der Waals surface area (Å²) in [6.45, 7) is 9.19. The maximum absolute atomic E-state index is 12.0. The zero-order chi connectivity index (χ0) is 20.8. The third kappa shape index (κ3) is 10.7. The van der Waals surface area contributed by atoms with Crippen LogP contribution in [-0.2, 0) is 9.47 Å². The fourth-order valence-corrected chi connectivity index (χ4v) is 2.15. The summed E-state index contributed by atoms with van der Waals surface area (Å²) >= 11 is 0. The number of esters is 1. The standard InChI is InChI=1S/C16H21N3O4.CH2O3.2K/c1-6-22-14(20)11-9-17-19-8-7-12(10(2)13(11)19)18-15(21)23-16(3,4)5;2-1(3)4;;/h7-9H,6H2,1-5H3,(H,18,21);(H2,2,3,4);;/q;;2*+1/p-2. The monoisotopic (exact) mass is 457 g/mol. The summed E-state index contributed by atoms with van der Waals surface area (Å²) in [5.74, 6) is -0.444. The Morgan fingerprint density at radius 2 is 1.76 bits per heavy atom. The Morgan fingerprint density at radius 3 is 2.24 bits per heavy atom. The number of aryl methyl sites for hydroxylation is 1. The number of carboxylic acid groups (broad SMARTS) is 2. The van der Waals surface area contributed by atoms with Crippen molar-refractivity contribution >= 4 is 29.4 Å². The molecule has 0 aromatic carbocycles. The van der Waals surface area contributed by atoms with Crippen LogP contribution in [-0.4, -0.2) is 40.0 Å². The van der Waals surface area contributed by atoms with Crippen LogP contribution in [0.5, 0.6) is 0 Å². The number of aromatic nitrogens is 2. The molecule has 0 aliphatic rings. The van der Waals surface area contributed by atoms with Crippen molar-refractivity contribution in [3.05, 3.63) is 29.6 Å². The van der Waals surface area contributed by atoms with E-state index in [0.29, 0.717) is 22.3 Å². The van der Waals surface area contributed by atoms with E-state index in [0.717, 1.165) is 0 Å². The number of amides is 1.